The van der Waals surface area contributed by atoms with E-state index in [1.54, 1.807) is 18.2 Å². The molecule has 22 heavy (non-hydrogen) atoms. The van der Waals surface area contributed by atoms with Gasteiger partial charge in [-0.05, 0) is 42.0 Å². The van der Waals surface area contributed by atoms with Gasteiger partial charge in [-0.3, -0.25) is 9.52 Å². The zero-order valence-corrected chi connectivity index (χ0v) is 13.4. The van der Waals surface area contributed by atoms with Crippen LogP contribution in [0.15, 0.2) is 41.3 Å². The summed E-state index contributed by atoms with van der Waals surface area (Å²) >= 11 is 11.7. The molecule has 0 spiro atoms. The molecule has 3 rings (SSSR count). The summed E-state index contributed by atoms with van der Waals surface area (Å²) < 4.78 is 27.2. The molecule has 0 bridgehead atoms. The summed E-state index contributed by atoms with van der Waals surface area (Å²) in [7, 11) is -3.81. The Morgan fingerprint density at radius 2 is 1.73 bits per heavy atom. The Labute approximate surface area is 137 Å². The van der Waals surface area contributed by atoms with Crippen molar-refractivity contribution in [1.82, 2.24) is 0 Å². The minimum Gasteiger partial charge on any atom is -0.326 e. The van der Waals surface area contributed by atoms with Crippen LogP contribution in [0.2, 0.25) is 10.0 Å². The Morgan fingerprint density at radius 3 is 2.41 bits per heavy atom. The van der Waals surface area contributed by atoms with E-state index in [0.29, 0.717) is 11.4 Å². The molecule has 0 saturated heterocycles. The highest BCUT2D eigenvalue weighted by Crippen LogP contribution is 2.28. The second-order valence-electron chi connectivity index (χ2n) is 4.81. The second-order valence-corrected chi connectivity index (χ2v) is 7.36. The van der Waals surface area contributed by atoms with E-state index in [1.807, 2.05) is 0 Å². The first kappa shape index (κ1) is 15.1. The Balaban J connectivity index is 1.92. The number of sulfonamides is 1. The molecule has 0 fully saturated rings. The van der Waals surface area contributed by atoms with Crippen molar-refractivity contribution in [2.45, 2.75) is 11.3 Å². The first-order valence-electron chi connectivity index (χ1n) is 6.25. The molecular formula is C14H10Cl2N2O3S. The fourth-order valence-corrected chi connectivity index (χ4v) is 3.97. The standard InChI is InChI=1S/C14H10Cl2N2O3S/c15-9-5-10(16)7-12(6-9)22(20,21)18-11-1-2-13-8(3-11)4-14(19)17-13/h1-3,5-7,18H,4H2,(H,17,19). The van der Waals surface area contributed by atoms with Gasteiger partial charge in [-0.15, -0.1) is 0 Å². The lowest BCUT2D eigenvalue weighted by molar-refractivity contribution is -0.115. The van der Waals surface area contributed by atoms with Crippen LogP contribution in [0.25, 0.3) is 0 Å². The molecule has 1 aliphatic rings. The molecule has 1 aliphatic heterocycles. The number of hydrogen-bond acceptors (Lipinski definition) is 3. The van der Waals surface area contributed by atoms with E-state index in [1.165, 1.54) is 18.2 Å². The predicted octanol–water partition coefficient (Wildman–Crippen LogP) is 3.29. The third-order valence-corrected chi connectivity index (χ3v) is 4.93. The van der Waals surface area contributed by atoms with E-state index in [4.69, 9.17) is 23.2 Å². The highest BCUT2D eigenvalue weighted by molar-refractivity contribution is 7.92. The Kier molecular flexibility index (Phi) is 3.76. The van der Waals surface area contributed by atoms with Crippen LogP contribution >= 0.6 is 23.2 Å². The van der Waals surface area contributed by atoms with Gasteiger partial charge in [-0.1, -0.05) is 23.2 Å². The number of nitrogens with one attached hydrogen (secondary N) is 2. The summed E-state index contributed by atoms with van der Waals surface area (Å²) in [5, 5.41) is 3.15. The van der Waals surface area contributed by atoms with Crippen molar-refractivity contribution in [3.05, 3.63) is 52.0 Å². The molecule has 0 radical (unpaired) electrons. The van der Waals surface area contributed by atoms with Gasteiger partial charge in [0, 0.05) is 21.4 Å². The molecule has 0 aromatic heterocycles. The number of rotatable bonds is 3. The monoisotopic (exact) mass is 356 g/mol. The van der Waals surface area contributed by atoms with Crippen molar-refractivity contribution in [2.24, 2.45) is 0 Å². The molecule has 2 aromatic carbocycles. The maximum absolute atomic E-state index is 12.4. The highest BCUT2D eigenvalue weighted by Gasteiger charge is 2.20. The fourth-order valence-electron chi connectivity index (χ4n) is 2.19. The average molecular weight is 357 g/mol. The molecule has 5 nitrogen and oxygen atoms in total. The maximum atomic E-state index is 12.4. The van der Waals surface area contributed by atoms with Gasteiger partial charge in [-0.25, -0.2) is 8.42 Å². The van der Waals surface area contributed by atoms with Gasteiger partial charge in [0.1, 0.15) is 0 Å². The quantitative estimate of drug-likeness (QED) is 0.885. The topological polar surface area (TPSA) is 75.3 Å². The molecule has 0 unspecified atom stereocenters. The second kappa shape index (κ2) is 5.46. The van der Waals surface area contributed by atoms with E-state index in [-0.39, 0.29) is 27.3 Å². The summed E-state index contributed by atoms with van der Waals surface area (Å²) in [5.41, 5.74) is 1.81. The van der Waals surface area contributed by atoms with Crippen LogP contribution in [-0.4, -0.2) is 14.3 Å². The average Bonchev–Trinajstić information content (AvgIpc) is 2.76. The van der Waals surface area contributed by atoms with Gasteiger partial charge in [0.2, 0.25) is 5.91 Å². The Bertz CT molecular complexity index is 861. The third kappa shape index (κ3) is 3.04. The number of carbonyl (C=O) groups is 1. The molecule has 1 amide bonds. The molecule has 114 valence electrons. The first-order chi connectivity index (χ1) is 10.3. The summed E-state index contributed by atoms with van der Waals surface area (Å²) in [4.78, 5) is 11.3. The van der Waals surface area contributed by atoms with E-state index in [9.17, 15) is 13.2 Å². The van der Waals surface area contributed by atoms with Crippen LogP contribution < -0.4 is 10.0 Å². The van der Waals surface area contributed by atoms with Crippen LogP contribution in [0.4, 0.5) is 11.4 Å². The zero-order chi connectivity index (χ0) is 15.9. The molecule has 2 aromatic rings. The molecule has 0 atom stereocenters. The minimum atomic E-state index is -3.81. The van der Waals surface area contributed by atoms with Crippen molar-refractivity contribution in [3.8, 4) is 0 Å². The van der Waals surface area contributed by atoms with E-state index in [0.717, 1.165) is 5.56 Å². The van der Waals surface area contributed by atoms with E-state index >= 15 is 0 Å². The summed E-state index contributed by atoms with van der Waals surface area (Å²) in [6.45, 7) is 0. The number of carbonyl (C=O) groups excluding carboxylic acids is 1. The van der Waals surface area contributed by atoms with Crippen LogP contribution in [0.5, 0.6) is 0 Å². The largest absolute Gasteiger partial charge is 0.326 e. The van der Waals surface area contributed by atoms with Crippen molar-refractivity contribution in [3.63, 3.8) is 0 Å². The molecule has 8 heteroatoms. The molecule has 1 heterocycles. The summed E-state index contributed by atoms with van der Waals surface area (Å²) in [6.07, 6.45) is 0.230. The van der Waals surface area contributed by atoms with Gasteiger partial charge in [0.25, 0.3) is 10.0 Å². The van der Waals surface area contributed by atoms with Crippen LogP contribution in [0.1, 0.15) is 5.56 Å². The number of halogens is 2. The lowest BCUT2D eigenvalue weighted by atomic mass is 10.1. The van der Waals surface area contributed by atoms with Crippen molar-refractivity contribution < 1.29 is 13.2 Å². The summed E-state index contributed by atoms with van der Waals surface area (Å²) in [6, 6.07) is 8.94. The van der Waals surface area contributed by atoms with Gasteiger partial charge in [-0.2, -0.15) is 0 Å². The highest BCUT2D eigenvalue weighted by atomic mass is 35.5. The Hall–Kier alpha value is -1.76. The molecule has 2 N–H and O–H groups in total. The van der Waals surface area contributed by atoms with E-state index in [2.05, 4.69) is 10.0 Å². The zero-order valence-electron chi connectivity index (χ0n) is 11.1. The number of anilines is 2. The third-order valence-electron chi connectivity index (χ3n) is 3.13. The van der Waals surface area contributed by atoms with Crippen molar-refractivity contribution in [1.29, 1.82) is 0 Å². The van der Waals surface area contributed by atoms with Crippen LogP contribution in [-0.2, 0) is 21.2 Å². The lowest BCUT2D eigenvalue weighted by Gasteiger charge is -2.10. The normalized spacial score (nSPS) is 13.6. The number of benzene rings is 2. The minimum absolute atomic E-state index is 0.0281. The lowest BCUT2D eigenvalue weighted by Crippen LogP contribution is -2.13. The number of amides is 1. The number of fused-ring (bicyclic) bond motifs is 1. The van der Waals surface area contributed by atoms with Crippen molar-refractivity contribution in [2.75, 3.05) is 10.0 Å². The van der Waals surface area contributed by atoms with Gasteiger partial charge < -0.3 is 5.32 Å². The van der Waals surface area contributed by atoms with Crippen LogP contribution in [0.3, 0.4) is 0 Å². The van der Waals surface area contributed by atoms with E-state index < -0.39 is 10.0 Å². The molecule has 0 saturated carbocycles. The SMILES string of the molecule is O=C1Cc2cc(NS(=O)(=O)c3cc(Cl)cc(Cl)c3)ccc2N1. The predicted molar refractivity (Wildman–Crippen MR) is 86.0 cm³/mol. The maximum Gasteiger partial charge on any atom is 0.261 e. The number of hydrogen-bond donors (Lipinski definition) is 2. The first-order valence-corrected chi connectivity index (χ1v) is 8.49. The fraction of sp³-hybridized carbons (Fsp3) is 0.0714. The van der Waals surface area contributed by atoms with Gasteiger partial charge in [0.15, 0.2) is 0 Å². The Morgan fingerprint density at radius 1 is 1.05 bits per heavy atom. The smallest absolute Gasteiger partial charge is 0.261 e. The van der Waals surface area contributed by atoms with Gasteiger partial charge >= 0.3 is 0 Å². The molecular weight excluding hydrogens is 347 g/mol. The summed E-state index contributed by atoms with van der Waals surface area (Å²) in [5.74, 6) is -0.114. The van der Waals surface area contributed by atoms with Crippen molar-refractivity contribution >= 4 is 50.5 Å². The molecule has 0 aliphatic carbocycles. The van der Waals surface area contributed by atoms with Gasteiger partial charge in [0.05, 0.1) is 11.3 Å². The van der Waals surface area contributed by atoms with Crippen LogP contribution in [0, 0.1) is 0 Å².